The van der Waals surface area contributed by atoms with Gasteiger partial charge in [-0.25, -0.2) is 0 Å². The van der Waals surface area contributed by atoms with Crippen LogP contribution in [0.15, 0.2) is 18.2 Å². The number of piperidine rings is 1. The monoisotopic (exact) mass is 343 g/mol. The van der Waals surface area contributed by atoms with Crippen LogP contribution in [0.4, 0.5) is 0 Å². The fraction of sp³-hybridized carbons (Fsp3) is 0.588. The van der Waals surface area contributed by atoms with Gasteiger partial charge in [0.05, 0.1) is 21.6 Å². The Morgan fingerprint density at radius 1 is 1.23 bits per heavy atom. The second-order valence-corrected chi connectivity index (χ2v) is 6.76. The lowest BCUT2D eigenvalue weighted by molar-refractivity contribution is -0.140. The Morgan fingerprint density at radius 3 is 2.32 bits per heavy atom. The van der Waals surface area contributed by atoms with Crippen molar-refractivity contribution in [3.63, 3.8) is 0 Å². The molecule has 0 aliphatic carbocycles. The number of carbonyl (C=O) groups is 1. The molecule has 1 aliphatic rings. The number of aliphatic hydroxyl groups is 1. The summed E-state index contributed by atoms with van der Waals surface area (Å²) >= 11 is 12.2. The van der Waals surface area contributed by atoms with Gasteiger partial charge in [0, 0.05) is 13.1 Å². The van der Waals surface area contributed by atoms with Crippen LogP contribution in [0.25, 0.3) is 0 Å². The molecule has 2 rings (SSSR count). The van der Waals surface area contributed by atoms with Crippen LogP contribution in [0, 0.1) is 0 Å². The van der Waals surface area contributed by atoms with Gasteiger partial charge in [0.25, 0.3) is 0 Å². The molecule has 1 aromatic rings. The number of hydrogen-bond donors (Lipinski definition) is 1. The fourth-order valence-corrected chi connectivity index (χ4v) is 3.55. The predicted molar refractivity (Wildman–Crippen MR) is 90.5 cm³/mol. The molecular weight excluding hydrogens is 321 g/mol. The van der Waals surface area contributed by atoms with E-state index in [9.17, 15) is 9.90 Å². The Hall–Kier alpha value is -0.770. The van der Waals surface area contributed by atoms with Crippen LogP contribution < -0.4 is 0 Å². The third kappa shape index (κ3) is 3.27. The third-order valence-electron chi connectivity index (χ3n) is 4.84. The number of amides is 1. The van der Waals surface area contributed by atoms with E-state index in [4.69, 9.17) is 23.2 Å². The molecule has 0 radical (unpaired) electrons. The van der Waals surface area contributed by atoms with E-state index in [0.717, 1.165) is 5.56 Å². The third-order valence-corrected chi connectivity index (χ3v) is 5.58. The first kappa shape index (κ1) is 17.6. The number of nitrogens with zero attached hydrogens (tertiary/aromatic N) is 1. The largest absolute Gasteiger partial charge is 0.393 e. The number of carbonyl (C=O) groups excluding carboxylic acids is 1. The second kappa shape index (κ2) is 7.20. The van der Waals surface area contributed by atoms with Crippen LogP contribution in [0.5, 0.6) is 0 Å². The Labute approximate surface area is 142 Å². The standard InChI is InChI=1S/C17H23Cl2NO2/c1-3-17(4-2,12-5-6-14(18)15(19)11-12)16(22)20-9-7-13(21)8-10-20/h5-6,11,13,21H,3-4,7-10H2,1-2H3. The number of aliphatic hydroxyl groups excluding tert-OH is 1. The Balaban J connectivity index is 2.34. The zero-order chi connectivity index (χ0) is 16.3. The smallest absolute Gasteiger partial charge is 0.233 e. The van der Waals surface area contributed by atoms with Crippen LogP contribution in [-0.4, -0.2) is 35.1 Å². The zero-order valence-corrected chi connectivity index (χ0v) is 14.6. The van der Waals surface area contributed by atoms with E-state index in [2.05, 4.69) is 0 Å². The summed E-state index contributed by atoms with van der Waals surface area (Å²) in [5.41, 5.74) is 0.347. The molecule has 0 spiro atoms. The molecule has 1 aliphatic heterocycles. The van der Waals surface area contributed by atoms with Crippen molar-refractivity contribution in [2.24, 2.45) is 0 Å². The predicted octanol–water partition coefficient (Wildman–Crippen LogP) is 4.03. The Bertz CT molecular complexity index is 535. The summed E-state index contributed by atoms with van der Waals surface area (Å²) in [6, 6.07) is 5.47. The molecule has 0 saturated carbocycles. The molecule has 1 heterocycles. The zero-order valence-electron chi connectivity index (χ0n) is 13.1. The maximum atomic E-state index is 13.2. The molecule has 5 heteroatoms. The molecule has 3 nitrogen and oxygen atoms in total. The molecule has 1 saturated heterocycles. The summed E-state index contributed by atoms with van der Waals surface area (Å²) in [7, 11) is 0. The van der Waals surface area contributed by atoms with Gasteiger partial charge in [-0.1, -0.05) is 43.1 Å². The van der Waals surface area contributed by atoms with Gasteiger partial charge in [-0.3, -0.25) is 4.79 Å². The Morgan fingerprint density at radius 2 is 1.82 bits per heavy atom. The van der Waals surface area contributed by atoms with Gasteiger partial charge >= 0.3 is 0 Å². The molecular formula is C17H23Cl2NO2. The average molecular weight is 344 g/mol. The number of likely N-dealkylation sites (tertiary alicyclic amines) is 1. The van der Waals surface area contributed by atoms with Gasteiger partial charge in [-0.15, -0.1) is 0 Å². The Kier molecular flexibility index (Phi) is 5.76. The van der Waals surface area contributed by atoms with Crippen molar-refractivity contribution in [1.29, 1.82) is 0 Å². The van der Waals surface area contributed by atoms with Crippen molar-refractivity contribution in [2.45, 2.75) is 51.0 Å². The molecule has 0 aromatic heterocycles. The fourth-order valence-electron chi connectivity index (χ4n) is 3.25. The lowest BCUT2D eigenvalue weighted by Gasteiger charge is -2.39. The summed E-state index contributed by atoms with van der Waals surface area (Å²) in [5, 5.41) is 10.6. The van der Waals surface area contributed by atoms with E-state index in [1.807, 2.05) is 30.9 Å². The lowest BCUT2D eigenvalue weighted by atomic mass is 9.74. The van der Waals surface area contributed by atoms with Crippen LogP contribution in [0.3, 0.4) is 0 Å². The first-order valence-electron chi connectivity index (χ1n) is 7.87. The van der Waals surface area contributed by atoms with Gasteiger partial charge in [0.1, 0.15) is 0 Å². The van der Waals surface area contributed by atoms with E-state index in [0.29, 0.717) is 48.8 Å². The number of benzene rings is 1. The van der Waals surface area contributed by atoms with Crippen molar-refractivity contribution < 1.29 is 9.90 Å². The molecule has 1 N–H and O–H groups in total. The molecule has 1 amide bonds. The van der Waals surface area contributed by atoms with E-state index >= 15 is 0 Å². The van der Waals surface area contributed by atoms with E-state index < -0.39 is 5.41 Å². The number of rotatable bonds is 4. The van der Waals surface area contributed by atoms with Crippen molar-refractivity contribution in [3.8, 4) is 0 Å². The van der Waals surface area contributed by atoms with Gasteiger partial charge in [0.15, 0.2) is 0 Å². The summed E-state index contributed by atoms with van der Waals surface area (Å²) < 4.78 is 0. The highest BCUT2D eigenvalue weighted by Gasteiger charge is 2.40. The van der Waals surface area contributed by atoms with Gasteiger partial charge < -0.3 is 10.0 Å². The normalized spacial score (nSPS) is 16.9. The minimum atomic E-state index is -0.573. The van der Waals surface area contributed by atoms with Gasteiger partial charge in [-0.2, -0.15) is 0 Å². The molecule has 0 atom stereocenters. The van der Waals surface area contributed by atoms with Crippen molar-refractivity contribution in [2.75, 3.05) is 13.1 Å². The molecule has 0 bridgehead atoms. The minimum Gasteiger partial charge on any atom is -0.393 e. The first-order valence-corrected chi connectivity index (χ1v) is 8.63. The number of halogens is 2. The maximum Gasteiger partial charge on any atom is 0.233 e. The van der Waals surface area contributed by atoms with Gasteiger partial charge in [-0.05, 0) is 43.4 Å². The summed E-state index contributed by atoms with van der Waals surface area (Å²) in [5.74, 6) is 0.128. The van der Waals surface area contributed by atoms with Crippen molar-refractivity contribution in [3.05, 3.63) is 33.8 Å². The van der Waals surface area contributed by atoms with E-state index in [-0.39, 0.29) is 12.0 Å². The highest BCUT2D eigenvalue weighted by molar-refractivity contribution is 6.42. The van der Waals surface area contributed by atoms with Crippen LogP contribution >= 0.6 is 23.2 Å². The SMILES string of the molecule is CCC(CC)(C(=O)N1CCC(O)CC1)c1ccc(Cl)c(Cl)c1. The minimum absolute atomic E-state index is 0.128. The summed E-state index contributed by atoms with van der Waals surface area (Å²) in [6.45, 7) is 5.29. The second-order valence-electron chi connectivity index (χ2n) is 5.94. The van der Waals surface area contributed by atoms with Crippen molar-refractivity contribution in [1.82, 2.24) is 4.90 Å². The van der Waals surface area contributed by atoms with Gasteiger partial charge in [0.2, 0.25) is 5.91 Å². The molecule has 1 aromatic carbocycles. The molecule has 22 heavy (non-hydrogen) atoms. The highest BCUT2D eigenvalue weighted by Crippen LogP contribution is 2.37. The van der Waals surface area contributed by atoms with Crippen molar-refractivity contribution >= 4 is 29.1 Å². The topological polar surface area (TPSA) is 40.5 Å². The first-order chi connectivity index (χ1) is 10.4. The highest BCUT2D eigenvalue weighted by atomic mass is 35.5. The molecule has 122 valence electrons. The maximum absolute atomic E-state index is 13.2. The van der Waals surface area contributed by atoms with Crippen LogP contribution in [0.2, 0.25) is 10.0 Å². The quantitative estimate of drug-likeness (QED) is 0.896. The molecule has 1 fully saturated rings. The number of hydrogen-bond acceptors (Lipinski definition) is 2. The average Bonchev–Trinajstić information content (AvgIpc) is 2.53. The van der Waals surface area contributed by atoms with E-state index in [1.54, 1.807) is 6.07 Å². The van der Waals surface area contributed by atoms with Crippen LogP contribution in [0.1, 0.15) is 45.1 Å². The summed E-state index contributed by atoms with van der Waals surface area (Å²) in [6.07, 6.45) is 2.43. The van der Waals surface area contributed by atoms with E-state index in [1.165, 1.54) is 0 Å². The molecule has 0 unspecified atom stereocenters. The lowest BCUT2D eigenvalue weighted by Crippen LogP contribution is -2.50. The summed E-state index contributed by atoms with van der Waals surface area (Å²) in [4.78, 5) is 15.0. The van der Waals surface area contributed by atoms with Crippen LogP contribution in [-0.2, 0) is 10.2 Å².